The van der Waals surface area contributed by atoms with Crippen LogP contribution in [0.15, 0.2) is 54.7 Å². The number of aliphatic hydroxyl groups excluding tert-OH is 1. The number of nitrogens with one attached hydrogen (secondary N) is 3. The highest BCUT2D eigenvalue weighted by Crippen LogP contribution is 2.39. The number of carbonyl (C=O) groups excluding carboxylic acids is 3. The van der Waals surface area contributed by atoms with Gasteiger partial charge in [-0.15, -0.1) is 0 Å². The Balaban J connectivity index is 0.945. The predicted molar refractivity (Wildman–Crippen MR) is 208 cm³/mol. The molecule has 53 heavy (non-hydrogen) atoms. The van der Waals surface area contributed by atoms with Crippen molar-refractivity contribution in [1.82, 2.24) is 20.5 Å². The molecule has 3 aliphatic heterocycles. The first-order chi connectivity index (χ1) is 25.5. The van der Waals surface area contributed by atoms with Crippen molar-refractivity contribution in [3.05, 3.63) is 82.5 Å². The Morgan fingerprint density at radius 1 is 0.830 bits per heavy atom. The molecule has 0 radical (unpaired) electrons. The molecular formula is C41H54N8O4. The topological polar surface area (TPSA) is 156 Å². The van der Waals surface area contributed by atoms with E-state index in [4.69, 9.17) is 10.7 Å². The van der Waals surface area contributed by atoms with Gasteiger partial charge in [0.05, 0.1) is 29.0 Å². The summed E-state index contributed by atoms with van der Waals surface area (Å²) in [5.41, 5.74) is 10.7. The molecule has 1 saturated carbocycles. The molecule has 282 valence electrons. The van der Waals surface area contributed by atoms with Crippen LogP contribution in [-0.4, -0.2) is 96.2 Å². The molecule has 12 nitrogen and oxygen atoms in total. The Labute approximate surface area is 312 Å². The minimum Gasteiger partial charge on any atom is -0.393 e. The molecule has 3 saturated heterocycles. The highest BCUT2D eigenvalue weighted by atomic mass is 16.3. The van der Waals surface area contributed by atoms with E-state index in [0.29, 0.717) is 40.8 Å². The van der Waals surface area contributed by atoms with Gasteiger partial charge >= 0.3 is 0 Å². The lowest BCUT2D eigenvalue weighted by atomic mass is 9.91. The molecule has 7 rings (SSSR count). The molecule has 2 aromatic carbocycles. The summed E-state index contributed by atoms with van der Waals surface area (Å²) in [5.74, 6) is 0.00289. The summed E-state index contributed by atoms with van der Waals surface area (Å²) < 4.78 is 0. The van der Waals surface area contributed by atoms with Gasteiger partial charge in [0.15, 0.2) is 0 Å². The van der Waals surface area contributed by atoms with E-state index >= 15 is 0 Å². The highest BCUT2D eigenvalue weighted by Gasteiger charge is 2.42. The van der Waals surface area contributed by atoms with Crippen molar-refractivity contribution in [1.29, 1.82) is 0 Å². The Kier molecular flexibility index (Phi) is 10.9. The Morgan fingerprint density at radius 2 is 1.49 bits per heavy atom. The third-order valence-electron chi connectivity index (χ3n) is 12.0. The molecule has 4 fully saturated rings. The van der Waals surface area contributed by atoms with Crippen molar-refractivity contribution in [2.24, 2.45) is 5.73 Å². The summed E-state index contributed by atoms with van der Waals surface area (Å²) in [6, 6.07) is 16.0. The molecule has 12 heteroatoms. The zero-order chi connectivity index (χ0) is 37.2. The number of nitrogens with two attached hydrogens (primary N) is 1. The van der Waals surface area contributed by atoms with Crippen LogP contribution in [0, 0.1) is 6.92 Å². The number of nitrogens with zero attached hydrogens (tertiary/aromatic N) is 4. The molecule has 3 aromatic rings. The zero-order valence-electron chi connectivity index (χ0n) is 31.2. The standard InChI is InChI=1S/C41H54N8O4/c1-25-35(15-16-36(39(42)51)38(25)45-29-7-13-34(50)14-8-29)41(53)46-30-22-32-11-12-33(23-30)49(32)37-17-6-28(24-43-37)40(52)44-26(2)27-4-9-31(10-5-27)48-20-18-47(3)19-21-48/h4-6,9-10,15-17,24,26,29-30,32-34,45,50H,7-8,11-14,18-23H2,1-3H3,(H2,42,51)(H,44,52)(H,46,53)/t26-,29?,30?,32?,33?,34?/m0/s1. The van der Waals surface area contributed by atoms with Crippen LogP contribution in [0.3, 0.4) is 0 Å². The third-order valence-corrected chi connectivity index (χ3v) is 12.0. The third kappa shape index (κ3) is 8.13. The summed E-state index contributed by atoms with van der Waals surface area (Å²) >= 11 is 0. The Morgan fingerprint density at radius 3 is 2.11 bits per heavy atom. The fraction of sp³-hybridized carbons (Fsp3) is 0.512. The summed E-state index contributed by atoms with van der Waals surface area (Å²) in [6.45, 7) is 8.01. The lowest BCUT2D eigenvalue weighted by Crippen LogP contribution is -2.51. The van der Waals surface area contributed by atoms with Crippen LogP contribution in [0.2, 0.25) is 0 Å². The number of amides is 3. The number of aliphatic hydroxyl groups is 1. The van der Waals surface area contributed by atoms with E-state index in [1.54, 1.807) is 18.3 Å². The number of aromatic nitrogens is 1. The second-order valence-electron chi connectivity index (χ2n) is 15.6. The molecular weight excluding hydrogens is 669 g/mol. The van der Waals surface area contributed by atoms with Crippen LogP contribution in [0.25, 0.3) is 0 Å². The van der Waals surface area contributed by atoms with E-state index in [9.17, 15) is 19.5 Å². The molecule has 4 heterocycles. The fourth-order valence-electron chi connectivity index (χ4n) is 8.78. The molecule has 1 aromatic heterocycles. The van der Waals surface area contributed by atoms with Crippen LogP contribution in [0.5, 0.6) is 0 Å². The smallest absolute Gasteiger partial charge is 0.253 e. The van der Waals surface area contributed by atoms with Gasteiger partial charge in [0.1, 0.15) is 5.82 Å². The number of hydrogen-bond donors (Lipinski definition) is 5. The molecule has 1 aliphatic carbocycles. The summed E-state index contributed by atoms with van der Waals surface area (Å²) in [6.07, 6.45) is 7.97. The largest absolute Gasteiger partial charge is 0.393 e. The number of rotatable bonds is 10. The number of likely N-dealkylation sites (N-methyl/N-ethyl adjacent to an activating group) is 1. The SMILES string of the molecule is Cc1c(C(=O)NC2CC3CCC(C2)N3c2ccc(C(=O)N[C@@H](C)c3ccc(N4CCN(C)CC4)cc3)cn2)ccc(C(N)=O)c1NC1CCC(O)CC1. The van der Waals surface area contributed by atoms with Crippen LogP contribution >= 0.6 is 0 Å². The first-order valence-corrected chi connectivity index (χ1v) is 19.3. The van der Waals surface area contributed by atoms with Gasteiger partial charge in [-0.1, -0.05) is 12.1 Å². The van der Waals surface area contributed by atoms with E-state index in [1.807, 2.05) is 26.0 Å². The van der Waals surface area contributed by atoms with Crippen LogP contribution in [0.1, 0.15) is 107 Å². The number of primary amides is 1. The Hall–Kier alpha value is -4.68. The average molecular weight is 723 g/mol. The maximum atomic E-state index is 13.7. The molecule has 0 spiro atoms. The van der Waals surface area contributed by atoms with Gasteiger partial charge in [0.2, 0.25) is 0 Å². The number of hydrogen-bond acceptors (Lipinski definition) is 9. The van der Waals surface area contributed by atoms with Crippen molar-refractivity contribution in [2.75, 3.05) is 48.3 Å². The van der Waals surface area contributed by atoms with E-state index in [1.165, 1.54) is 5.69 Å². The van der Waals surface area contributed by atoms with Gasteiger partial charge in [0.25, 0.3) is 17.7 Å². The number of piperidine rings is 1. The highest BCUT2D eigenvalue weighted by molar-refractivity contribution is 6.04. The number of anilines is 3. The second-order valence-corrected chi connectivity index (χ2v) is 15.6. The minimum absolute atomic E-state index is 0.00451. The van der Waals surface area contributed by atoms with Crippen molar-refractivity contribution in [3.63, 3.8) is 0 Å². The van der Waals surface area contributed by atoms with Gasteiger partial charge in [0, 0.05) is 67.8 Å². The normalized spacial score (nSPS) is 25.1. The van der Waals surface area contributed by atoms with Crippen LogP contribution in [-0.2, 0) is 0 Å². The predicted octanol–water partition coefficient (Wildman–Crippen LogP) is 4.38. The quantitative estimate of drug-likeness (QED) is 0.205. The molecule has 3 atom stereocenters. The van der Waals surface area contributed by atoms with E-state index in [2.05, 4.69) is 62.0 Å². The summed E-state index contributed by atoms with van der Waals surface area (Å²) in [7, 11) is 2.16. The minimum atomic E-state index is -0.540. The number of benzene rings is 2. The molecule has 3 amide bonds. The van der Waals surface area contributed by atoms with Crippen molar-refractivity contribution in [2.45, 2.75) is 102 Å². The molecule has 4 aliphatic rings. The maximum Gasteiger partial charge on any atom is 0.253 e. The van der Waals surface area contributed by atoms with Gasteiger partial charge in [-0.25, -0.2) is 4.98 Å². The summed E-state index contributed by atoms with van der Waals surface area (Å²) in [5, 5.41) is 19.8. The van der Waals surface area contributed by atoms with Crippen molar-refractivity contribution < 1.29 is 19.5 Å². The molecule has 6 N–H and O–H groups in total. The van der Waals surface area contributed by atoms with Crippen LogP contribution < -0.4 is 31.5 Å². The van der Waals surface area contributed by atoms with E-state index in [-0.39, 0.29) is 48.1 Å². The second kappa shape index (κ2) is 15.7. The fourth-order valence-corrected chi connectivity index (χ4v) is 8.78. The molecule has 2 unspecified atom stereocenters. The average Bonchev–Trinajstić information content (AvgIpc) is 3.42. The number of piperazine rings is 1. The Bertz CT molecular complexity index is 1770. The monoisotopic (exact) mass is 722 g/mol. The van der Waals surface area contributed by atoms with Gasteiger partial charge < -0.3 is 41.5 Å². The number of carbonyl (C=O) groups is 3. The number of pyridine rings is 1. The summed E-state index contributed by atoms with van der Waals surface area (Å²) in [4.78, 5) is 51.1. The van der Waals surface area contributed by atoms with Gasteiger partial charge in [-0.05, 0) is 120 Å². The lowest BCUT2D eigenvalue weighted by molar-refractivity contribution is 0.0922. The van der Waals surface area contributed by atoms with E-state index in [0.717, 1.165) is 76.1 Å². The molecule has 2 bridgehead atoms. The van der Waals surface area contributed by atoms with Crippen LogP contribution in [0.4, 0.5) is 17.2 Å². The first kappa shape index (κ1) is 36.7. The van der Waals surface area contributed by atoms with E-state index < -0.39 is 5.91 Å². The van der Waals surface area contributed by atoms with Crippen molar-refractivity contribution >= 4 is 34.9 Å². The maximum absolute atomic E-state index is 13.7. The first-order valence-electron chi connectivity index (χ1n) is 19.3. The zero-order valence-corrected chi connectivity index (χ0v) is 31.2. The van der Waals surface area contributed by atoms with Crippen molar-refractivity contribution in [3.8, 4) is 0 Å². The number of fused-ring (bicyclic) bond motifs is 2. The van der Waals surface area contributed by atoms with Gasteiger partial charge in [-0.2, -0.15) is 0 Å². The lowest BCUT2D eigenvalue weighted by Gasteiger charge is -2.40. The van der Waals surface area contributed by atoms with Gasteiger partial charge in [-0.3, -0.25) is 14.4 Å².